The van der Waals surface area contributed by atoms with Gasteiger partial charge in [0.05, 0.1) is 6.54 Å². The molecule has 0 saturated heterocycles. The molecule has 1 aromatic rings. The molecule has 0 heterocycles. The Labute approximate surface area is 113 Å². The fraction of sp³-hybridized carbons (Fsp3) is 0.333. The average Bonchev–Trinajstić information content (AvgIpc) is 2.33. The highest BCUT2D eigenvalue weighted by Gasteiger charge is 2.19. The topological polar surface area (TPSA) is 75.6 Å². The Balaban J connectivity index is 2.27. The molecule has 0 aliphatic carbocycles. The molecule has 2 N–H and O–H groups in total. The van der Waals surface area contributed by atoms with E-state index in [9.17, 15) is 9.59 Å². The molecule has 0 bridgehead atoms. The number of halogens is 1. The van der Waals surface area contributed by atoms with Gasteiger partial charge >= 0.3 is 5.97 Å². The monoisotopic (exact) mass is 315 g/mol. The van der Waals surface area contributed by atoms with Crippen LogP contribution in [0.5, 0.6) is 5.75 Å². The van der Waals surface area contributed by atoms with Crippen molar-refractivity contribution in [2.45, 2.75) is 6.92 Å². The van der Waals surface area contributed by atoms with Crippen molar-refractivity contribution in [2.75, 3.05) is 13.2 Å². The zero-order valence-electron chi connectivity index (χ0n) is 9.85. The van der Waals surface area contributed by atoms with Crippen LogP contribution in [0.1, 0.15) is 6.92 Å². The van der Waals surface area contributed by atoms with Crippen molar-refractivity contribution in [2.24, 2.45) is 5.92 Å². The van der Waals surface area contributed by atoms with Crippen LogP contribution in [0.2, 0.25) is 0 Å². The molecule has 1 unspecified atom stereocenters. The van der Waals surface area contributed by atoms with Crippen molar-refractivity contribution in [3.8, 4) is 5.75 Å². The van der Waals surface area contributed by atoms with E-state index in [1.54, 1.807) is 6.07 Å². The highest BCUT2D eigenvalue weighted by molar-refractivity contribution is 9.10. The number of hydrogen-bond donors (Lipinski definition) is 2. The Hall–Kier alpha value is -1.56. The van der Waals surface area contributed by atoms with Gasteiger partial charge in [-0.3, -0.25) is 9.59 Å². The number of aliphatic carboxylic acids is 1. The molecule has 6 heteroatoms. The molecule has 98 valence electrons. The van der Waals surface area contributed by atoms with Crippen LogP contribution in [0.3, 0.4) is 0 Å². The average molecular weight is 316 g/mol. The largest absolute Gasteiger partial charge is 0.492 e. The third kappa shape index (κ3) is 4.75. The van der Waals surface area contributed by atoms with Crippen molar-refractivity contribution in [3.05, 3.63) is 28.7 Å². The molecule has 0 saturated carbocycles. The summed E-state index contributed by atoms with van der Waals surface area (Å²) in [6.45, 7) is 1.89. The molecule has 1 amide bonds. The minimum absolute atomic E-state index is 0.267. The quantitative estimate of drug-likeness (QED) is 0.618. The fourth-order valence-electron chi connectivity index (χ4n) is 1.17. The molecular weight excluding hydrogens is 302 g/mol. The van der Waals surface area contributed by atoms with Gasteiger partial charge in [-0.15, -0.1) is 0 Å². The number of carbonyl (C=O) groups is 2. The Morgan fingerprint density at radius 3 is 2.83 bits per heavy atom. The Morgan fingerprint density at radius 1 is 1.50 bits per heavy atom. The van der Waals surface area contributed by atoms with E-state index in [-0.39, 0.29) is 13.2 Å². The predicted molar refractivity (Wildman–Crippen MR) is 69.4 cm³/mol. The van der Waals surface area contributed by atoms with Gasteiger partial charge in [0.2, 0.25) is 5.91 Å². The van der Waals surface area contributed by atoms with Crippen molar-refractivity contribution in [3.63, 3.8) is 0 Å². The van der Waals surface area contributed by atoms with Gasteiger partial charge in [-0.1, -0.05) is 22.0 Å². The van der Waals surface area contributed by atoms with Gasteiger partial charge in [0.1, 0.15) is 18.3 Å². The molecule has 18 heavy (non-hydrogen) atoms. The lowest BCUT2D eigenvalue weighted by Crippen LogP contribution is -2.35. The molecule has 0 spiro atoms. The minimum atomic E-state index is -1.14. The maximum Gasteiger partial charge on any atom is 0.315 e. The maximum absolute atomic E-state index is 11.3. The molecular formula is C12H14BrNO4. The normalized spacial score (nSPS) is 11.7. The van der Waals surface area contributed by atoms with Gasteiger partial charge in [-0.25, -0.2) is 0 Å². The van der Waals surface area contributed by atoms with E-state index < -0.39 is 17.8 Å². The first-order valence-corrected chi connectivity index (χ1v) is 6.19. The highest BCUT2D eigenvalue weighted by atomic mass is 79.9. The van der Waals surface area contributed by atoms with E-state index in [0.717, 1.165) is 4.47 Å². The van der Waals surface area contributed by atoms with Crippen molar-refractivity contribution >= 4 is 27.8 Å². The van der Waals surface area contributed by atoms with E-state index >= 15 is 0 Å². The standard InChI is InChI=1S/C12H14BrNO4/c1-8(12(16)17)11(15)14-5-6-18-10-4-2-3-9(13)7-10/h2-4,7-8H,5-6H2,1H3,(H,14,15)(H,16,17). The minimum Gasteiger partial charge on any atom is -0.492 e. The van der Waals surface area contributed by atoms with Crippen LogP contribution in [-0.4, -0.2) is 30.1 Å². The lowest BCUT2D eigenvalue weighted by atomic mass is 10.2. The summed E-state index contributed by atoms with van der Waals surface area (Å²) in [4.78, 5) is 21.8. The molecule has 0 radical (unpaired) electrons. The summed E-state index contributed by atoms with van der Waals surface area (Å²) in [6, 6.07) is 7.32. The van der Waals surface area contributed by atoms with E-state index in [1.165, 1.54) is 6.92 Å². The first-order valence-electron chi connectivity index (χ1n) is 5.39. The first-order chi connectivity index (χ1) is 8.50. The summed E-state index contributed by atoms with van der Waals surface area (Å²) < 4.78 is 6.29. The predicted octanol–water partition coefficient (Wildman–Crippen LogP) is 1.66. The third-order valence-corrected chi connectivity index (χ3v) is 2.72. The van der Waals surface area contributed by atoms with Gasteiger partial charge in [0.25, 0.3) is 0 Å². The summed E-state index contributed by atoms with van der Waals surface area (Å²) >= 11 is 3.31. The highest BCUT2D eigenvalue weighted by Crippen LogP contribution is 2.17. The third-order valence-electron chi connectivity index (χ3n) is 2.23. The van der Waals surface area contributed by atoms with Gasteiger partial charge in [-0.05, 0) is 25.1 Å². The smallest absolute Gasteiger partial charge is 0.315 e. The Morgan fingerprint density at radius 2 is 2.22 bits per heavy atom. The van der Waals surface area contributed by atoms with E-state index in [4.69, 9.17) is 9.84 Å². The van der Waals surface area contributed by atoms with Crippen LogP contribution in [0.15, 0.2) is 28.7 Å². The van der Waals surface area contributed by atoms with Crippen LogP contribution in [0, 0.1) is 5.92 Å². The molecule has 1 atom stereocenters. The maximum atomic E-state index is 11.3. The SMILES string of the molecule is CC(C(=O)O)C(=O)NCCOc1cccc(Br)c1. The number of carboxylic acids is 1. The van der Waals surface area contributed by atoms with Crippen LogP contribution >= 0.6 is 15.9 Å². The van der Waals surface area contributed by atoms with Crippen molar-refractivity contribution in [1.82, 2.24) is 5.32 Å². The van der Waals surface area contributed by atoms with Gasteiger partial charge in [0.15, 0.2) is 0 Å². The van der Waals surface area contributed by atoms with Crippen molar-refractivity contribution in [1.29, 1.82) is 0 Å². The van der Waals surface area contributed by atoms with E-state index in [2.05, 4.69) is 21.2 Å². The number of carbonyl (C=O) groups excluding carboxylic acids is 1. The first kappa shape index (κ1) is 14.5. The molecule has 1 rings (SSSR count). The molecule has 5 nitrogen and oxygen atoms in total. The number of amides is 1. The zero-order valence-corrected chi connectivity index (χ0v) is 11.4. The van der Waals surface area contributed by atoms with Crippen LogP contribution in [0.4, 0.5) is 0 Å². The van der Waals surface area contributed by atoms with Crippen LogP contribution < -0.4 is 10.1 Å². The number of hydrogen-bond acceptors (Lipinski definition) is 3. The van der Waals surface area contributed by atoms with Crippen molar-refractivity contribution < 1.29 is 19.4 Å². The molecule has 0 aliphatic heterocycles. The van der Waals surface area contributed by atoms with Gasteiger partial charge in [-0.2, -0.15) is 0 Å². The summed E-state index contributed by atoms with van der Waals surface area (Å²) in [7, 11) is 0. The summed E-state index contributed by atoms with van der Waals surface area (Å²) in [5.41, 5.74) is 0. The Bertz CT molecular complexity index is 436. The summed E-state index contributed by atoms with van der Waals surface area (Å²) in [6.07, 6.45) is 0. The number of ether oxygens (including phenoxy) is 1. The molecule has 0 aromatic heterocycles. The van der Waals surface area contributed by atoms with Crippen LogP contribution in [-0.2, 0) is 9.59 Å². The number of benzene rings is 1. The second kappa shape index (κ2) is 7.00. The van der Waals surface area contributed by atoms with Gasteiger partial charge in [0, 0.05) is 4.47 Å². The molecule has 1 aromatic carbocycles. The lowest BCUT2D eigenvalue weighted by molar-refractivity contribution is -0.146. The van der Waals surface area contributed by atoms with Crippen LogP contribution in [0.25, 0.3) is 0 Å². The summed E-state index contributed by atoms with van der Waals surface area (Å²) in [5, 5.41) is 11.1. The zero-order chi connectivity index (χ0) is 13.5. The Kier molecular flexibility index (Phi) is 5.64. The van der Waals surface area contributed by atoms with E-state index in [1.807, 2.05) is 18.2 Å². The summed E-state index contributed by atoms with van der Waals surface area (Å²) in [5.74, 6) is -2.01. The second-order valence-corrected chi connectivity index (χ2v) is 4.57. The molecule has 0 aliphatic rings. The number of carboxylic acid groups (broad SMARTS) is 1. The fourth-order valence-corrected chi connectivity index (χ4v) is 1.54. The number of rotatable bonds is 6. The second-order valence-electron chi connectivity index (χ2n) is 3.66. The molecule has 0 fully saturated rings. The van der Waals surface area contributed by atoms with Gasteiger partial charge < -0.3 is 15.2 Å². The van der Waals surface area contributed by atoms with E-state index in [0.29, 0.717) is 5.75 Å². The number of nitrogens with one attached hydrogen (secondary N) is 1. The lowest BCUT2D eigenvalue weighted by Gasteiger charge is -2.09.